The molecular weight excluding hydrogens is 290 g/mol. The molecule has 0 amide bonds. The Hall–Kier alpha value is -1.29. The monoisotopic (exact) mass is 307 g/mol. The van der Waals surface area contributed by atoms with E-state index in [2.05, 4.69) is 76.0 Å². The van der Waals surface area contributed by atoms with Crippen molar-refractivity contribution in [2.45, 2.75) is 33.7 Å². The lowest BCUT2D eigenvalue weighted by atomic mass is 10.2. The molecule has 1 aromatic carbocycles. The number of rotatable bonds is 3. The molecule has 0 aliphatic heterocycles. The van der Waals surface area contributed by atoms with Crippen molar-refractivity contribution in [2.24, 2.45) is 0 Å². The first-order valence-corrected chi connectivity index (χ1v) is 6.85. The van der Waals surface area contributed by atoms with Crippen molar-refractivity contribution >= 4 is 27.6 Å². The van der Waals surface area contributed by atoms with Crippen molar-refractivity contribution in [3.63, 3.8) is 0 Å². The van der Waals surface area contributed by atoms with Gasteiger partial charge in [0.05, 0.1) is 11.4 Å². The maximum atomic E-state index is 4.52. The van der Waals surface area contributed by atoms with Crippen LogP contribution in [0.15, 0.2) is 28.9 Å². The van der Waals surface area contributed by atoms with Crippen molar-refractivity contribution in [2.75, 3.05) is 5.32 Å². The van der Waals surface area contributed by atoms with E-state index in [-0.39, 0.29) is 0 Å². The van der Waals surface area contributed by atoms with Gasteiger partial charge >= 0.3 is 0 Å². The molecule has 0 aliphatic carbocycles. The lowest BCUT2D eigenvalue weighted by Gasteiger charge is -2.13. The van der Waals surface area contributed by atoms with E-state index < -0.39 is 0 Å². The van der Waals surface area contributed by atoms with Gasteiger partial charge in [-0.3, -0.25) is 0 Å². The molecule has 0 fully saturated rings. The normalized spacial score (nSPS) is 11.0. The van der Waals surface area contributed by atoms with E-state index in [9.17, 15) is 0 Å². The van der Waals surface area contributed by atoms with Crippen LogP contribution in [0.4, 0.5) is 11.6 Å². The number of anilines is 2. The molecule has 3 nitrogen and oxygen atoms in total. The maximum absolute atomic E-state index is 4.52. The van der Waals surface area contributed by atoms with Crippen molar-refractivity contribution in [1.82, 2.24) is 9.55 Å². The topological polar surface area (TPSA) is 29.9 Å². The molecule has 0 spiro atoms. The van der Waals surface area contributed by atoms with Gasteiger partial charge in [-0.1, -0.05) is 6.07 Å². The Kier molecular flexibility index (Phi) is 3.76. The Morgan fingerprint density at radius 3 is 2.61 bits per heavy atom. The summed E-state index contributed by atoms with van der Waals surface area (Å²) in [5.41, 5.74) is 3.29. The molecule has 0 saturated heterocycles. The third kappa shape index (κ3) is 2.75. The van der Waals surface area contributed by atoms with Gasteiger partial charge in [0, 0.05) is 16.7 Å². The summed E-state index contributed by atoms with van der Waals surface area (Å²) in [6.07, 6.45) is 2.06. The molecule has 1 N–H and O–H groups in total. The standard InChI is InChI=1S/C14H18BrN3/c1-9(2)18-8-11(4)16-14(18)17-13-6-5-10(3)7-12(13)15/h5-9H,1-4H3,(H,16,17). The first kappa shape index (κ1) is 13.1. The van der Waals surface area contributed by atoms with Crippen LogP contribution in [-0.2, 0) is 0 Å². The number of aryl methyl sites for hydroxylation is 2. The second-order valence-corrected chi connectivity index (χ2v) is 5.67. The van der Waals surface area contributed by atoms with E-state index in [1.807, 2.05) is 6.92 Å². The first-order chi connectivity index (χ1) is 8.47. The predicted octanol–water partition coefficient (Wildman–Crippen LogP) is 4.59. The van der Waals surface area contributed by atoms with E-state index in [4.69, 9.17) is 0 Å². The van der Waals surface area contributed by atoms with Crippen LogP contribution in [-0.4, -0.2) is 9.55 Å². The number of benzene rings is 1. The minimum Gasteiger partial charge on any atom is -0.325 e. The summed E-state index contributed by atoms with van der Waals surface area (Å²) >= 11 is 3.57. The van der Waals surface area contributed by atoms with E-state index in [1.165, 1.54) is 5.56 Å². The summed E-state index contributed by atoms with van der Waals surface area (Å²) in [5.74, 6) is 0.882. The quantitative estimate of drug-likeness (QED) is 0.899. The smallest absolute Gasteiger partial charge is 0.207 e. The molecule has 1 heterocycles. The summed E-state index contributed by atoms with van der Waals surface area (Å²) in [4.78, 5) is 4.52. The van der Waals surface area contributed by atoms with Gasteiger partial charge in [0.1, 0.15) is 0 Å². The number of halogens is 1. The summed E-state index contributed by atoms with van der Waals surface area (Å²) in [7, 11) is 0. The molecule has 0 unspecified atom stereocenters. The number of nitrogens with one attached hydrogen (secondary N) is 1. The highest BCUT2D eigenvalue weighted by Crippen LogP contribution is 2.27. The van der Waals surface area contributed by atoms with Gasteiger partial charge in [0.15, 0.2) is 0 Å². The third-order valence-corrected chi connectivity index (χ3v) is 3.44. The molecule has 4 heteroatoms. The second-order valence-electron chi connectivity index (χ2n) is 4.82. The van der Waals surface area contributed by atoms with Crippen molar-refractivity contribution in [3.8, 4) is 0 Å². The molecular formula is C14H18BrN3. The van der Waals surface area contributed by atoms with Gasteiger partial charge in [0.2, 0.25) is 5.95 Å². The molecule has 0 saturated carbocycles. The summed E-state index contributed by atoms with van der Waals surface area (Å²) in [5, 5.41) is 3.38. The average molecular weight is 308 g/mol. The van der Waals surface area contributed by atoms with E-state index in [0.29, 0.717) is 6.04 Å². The Morgan fingerprint density at radius 2 is 2.00 bits per heavy atom. The van der Waals surface area contributed by atoms with Crippen LogP contribution >= 0.6 is 15.9 Å². The molecule has 2 aromatic rings. The number of hydrogen-bond acceptors (Lipinski definition) is 2. The van der Waals surface area contributed by atoms with Gasteiger partial charge < -0.3 is 9.88 Å². The highest BCUT2D eigenvalue weighted by molar-refractivity contribution is 9.10. The first-order valence-electron chi connectivity index (χ1n) is 6.06. The van der Waals surface area contributed by atoms with Crippen LogP contribution in [0.1, 0.15) is 31.1 Å². The molecule has 0 bridgehead atoms. The van der Waals surface area contributed by atoms with E-state index in [1.54, 1.807) is 0 Å². The third-order valence-electron chi connectivity index (χ3n) is 2.78. The highest BCUT2D eigenvalue weighted by atomic mass is 79.9. The SMILES string of the molecule is Cc1ccc(Nc2nc(C)cn2C(C)C)c(Br)c1. The maximum Gasteiger partial charge on any atom is 0.207 e. The largest absolute Gasteiger partial charge is 0.325 e. The van der Waals surface area contributed by atoms with Crippen LogP contribution in [0.25, 0.3) is 0 Å². The second kappa shape index (κ2) is 5.14. The molecule has 2 rings (SSSR count). The van der Waals surface area contributed by atoms with Gasteiger partial charge in [-0.25, -0.2) is 4.98 Å². The van der Waals surface area contributed by atoms with E-state index in [0.717, 1.165) is 21.8 Å². The van der Waals surface area contributed by atoms with Crippen molar-refractivity contribution in [3.05, 3.63) is 40.1 Å². The zero-order chi connectivity index (χ0) is 13.3. The van der Waals surface area contributed by atoms with Crippen LogP contribution in [0, 0.1) is 13.8 Å². The molecule has 0 atom stereocenters. The van der Waals surface area contributed by atoms with Crippen LogP contribution in [0.3, 0.4) is 0 Å². The lowest BCUT2D eigenvalue weighted by molar-refractivity contribution is 0.607. The molecule has 1 aromatic heterocycles. The van der Waals surface area contributed by atoms with Gasteiger partial charge in [0.25, 0.3) is 0 Å². The van der Waals surface area contributed by atoms with Crippen molar-refractivity contribution < 1.29 is 0 Å². The van der Waals surface area contributed by atoms with Gasteiger partial charge in [-0.2, -0.15) is 0 Å². The summed E-state index contributed by atoms with van der Waals surface area (Å²) < 4.78 is 3.19. The summed E-state index contributed by atoms with van der Waals surface area (Å²) in [6, 6.07) is 6.63. The Morgan fingerprint density at radius 1 is 1.28 bits per heavy atom. The van der Waals surface area contributed by atoms with Gasteiger partial charge in [-0.05, 0) is 61.3 Å². The zero-order valence-corrected chi connectivity index (χ0v) is 12.7. The van der Waals surface area contributed by atoms with Crippen LogP contribution in [0.2, 0.25) is 0 Å². The van der Waals surface area contributed by atoms with Crippen LogP contribution < -0.4 is 5.32 Å². The lowest BCUT2D eigenvalue weighted by Crippen LogP contribution is -2.05. The highest BCUT2D eigenvalue weighted by Gasteiger charge is 2.10. The molecule has 0 aliphatic rings. The Bertz CT molecular complexity index is 558. The Balaban J connectivity index is 2.33. The number of hydrogen-bond donors (Lipinski definition) is 1. The predicted molar refractivity (Wildman–Crippen MR) is 79.5 cm³/mol. The minimum absolute atomic E-state index is 0.387. The molecule has 0 radical (unpaired) electrons. The summed E-state index contributed by atoms with van der Waals surface area (Å²) in [6.45, 7) is 8.38. The Labute approximate surface area is 116 Å². The fourth-order valence-corrected chi connectivity index (χ4v) is 2.44. The van der Waals surface area contributed by atoms with E-state index >= 15 is 0 Å². The fourth-order valence-electron chi connectivity index (χ4n) is 1.84. The number of nitrogens with zero attached hydrogens (tertiary/aromatic N) is 2. The number of imidazole rings is 1. The number of aromatic nitrogens is 2. The zero-order valence-electron chi connectivity index (χ0n) is 11.2. The average Bonchev–Trinajstić information content (AvgIpc) is 2.64. The molecule has 96 valence electrons. The molecule has 18 heavy (non-hydrogen) atoms. The minimum atomic E-state index is 0.387. The van der Waals surface area contributed by atoms with Crippen LogP contribution in [0.5, 0.6) is 0 Å². The van der Waals surface area contributed by atoms with Crippen molar-refractivity contribution in [1.29, 1.82) is 0 Å². The van der Waals surface area contributed by atoms with Gasteiger partial charge in [-0.15, -0.1) is 0 Å². The fraction of sp³-hybridized carbons (Fsp3) is 0.357.